The zero-order chi connectivity index (χ0) is 19.4. The molecule has 0 bridgehead atoms. The molecule has 138 valence electrons. The Morgan fingerprint density at radius 3 is 2.23 bits per heavy atom. The van der Waals surface area contributed by atoms with Crippen LogP contribution in [0.1, 0.15) is 51.6 Å². The fraction of sp³-hybridized carbons (Fsp3) is 0.263. The van der Waals surface area contributed by atoms with Crippen LogP contribution in [-0.2, 0) is 6.54 Å². The smallest absolute Gasteiger partial charge is 0.274 e. The third-order valence-corrected chi connectivity index (χ3v) is 4.08. The minimum atomic E-state index is -0.615. The summed E-state index contributed by atoms with van der Waals surface area (Å²) in [6.07, 6.45) is 0. The second-order valence-corrected chi connectivity index (χ2v) is 6.38. The third kappa shape index (κ3) is 4.12. The molecule has 4 N–H and O–H groups in total. The van der Waals surface area contributed by atoms with Gasteiger partial charge >= 0.3 is 0 Å². The summed E-state index contributed by atoms with van der Waals surface area (Å²) in [5.74, 6) is -1.33. The van der Waals surface area contributed by atoms with Gasteiger partial charge in [0.15, 0.2) is 0 Å². The van der Waals surface area contributed by atoms with E-state index in [1.165, 1.54) is 29.2 Å². The summed E-state index contributed by atoms with van der Waals surface area (Å²) in [5.41, 5.74) is 3.32. The summed E-state index contributed by atoms with van der Waals surface area (Å²) in [5, 5.41) is 28.5. The normalized spacial score (nSPS) is 10.7. The SMILES string of the molecule is CC(C)c1cc(C(=O)N(C)Cc2ccc(C(=O)NO)cc2)c(O)cc1O. The highest BCUT2D eigenvalue weighted by Crippen LogP contribution is 2.32. The summed E-state index contributed by atoms with van der Waals surface area (Å²) in [7, 11) is 1.60. The molecule has 0 aliphatic carbocycles. The lowest BCUT2D eigenvalue weighted by Crippen LogP contribution is -2.26. The van der Waals surface area contributed by atoms with Crippen LogP contribution in [0.5, 0.6) is 11.5 Å². The van der Waals surface area contributed by atoms with Crippen molar-refractivity contribution in [1.82, 2.24) is 10.4 Å². The number of benzene rings is 2. The van der Waals surface area contributed by atoms with Crippen molar-refractivity contribution in [3.8, 4) is 11.5 Å². The molecule has 0 aliphatic heterocycles. The number of carbonyl (C=O) groups is 2. The van der Waals surface area contributed by atoms with Crippen molar-refractivity contribution in [3.63, 3.8) is 0 Å². The van der Waals surface area contributed by atoms with E-state index in [-0.39, 0.29) is 35.4 Å². The Morgan fingerprint density at radius 2 is 1.69 bits per heavy atom. The predicted octanol–water partition coefficient (Wildman–Crippen LogP) is 2.61. The van der Waals surface area contributed by atoms with Gasteiger partial charge in [-0.25, -0.2) is 5.48 Å². The number of rotatable bonds is 5. The van der Waals surface area contributed by atoms with E-state index in [9.17, 15) is 19.8 Å². The van der Waals surface area contributed by atoms with Crippen LogP contribution in [0.15, 0.2) is 36.4 Å². The third-order valence-electron chi connectivity index (χ3n) is 4.08. The lowest BCUT2D eigenvalue weighted by Gasteiger charge is -2.19. The molecule has 0 unspecified atom stereocenters. The van der Waals surface area contributed by atoms with Gasteiger partial charge in [0.2, 0.25) is 0 Å². The highest BCUT2D eigenvalue weighted by molar-refractivity contribution is 5.97. The van der Waals surface area contributed by atoms with Crippen molar-refractivity contribution < 1.29 is 25.0 Å². The molecule has 0 radical (unpaired) electrons. The maximum atomic E-state index is 12.7. The van der Waals surface area contributed by atoms with Crippen LogP contribution in [0.4, 0.5) is 0 Å². The van der Waals surface area contributed by atoms with Gasteiger partial charge in [0.05, 0.1) is 5.56 Å². The first-order valence-corrected chi connectivity index (χ1v) is 8.09. The van der Waals surface area contributed by atoms with Crippen LogP contribution in [0, 0.1) is 0 Å². The number of hydroxylamine groups is 1. The topological polar surface area (TPSA) is 110 Å². The van der Waals surface area contributed by atoms with Gasteiger partial charge in [0.25, 0.3) is 11.8 Å². The molecule has 0 atom stereocenters. The Labute approximate surface area is 151 Å². The molecular weight excluding hydrogens is 336 g/mol. The van der Waals surface area contributed by atoms with Gasteiger partial charge in [-0.3, -0.25) is 14.8 Å². The largest absolute Gasteiger partial charge is 0.508 e. The van der Waals surface area contributed by atoms with Gasteiger partial charge in [0.1, 0.15) is 11.5 Å². The van der Waals surface area contributed by atoms with Crippen molar-refractivity contribution in [2.45, 2.75) is 26.3 Å². The fourth-order valence-corrected chi connectivity index (χ4v) is 2.61. The maximum absolute atomic E-state index is 12.7. The highest BCUT2D eigenvalue weighted by Gasteiger charge is 2.20. The lowest BCUT2D eigenvalue weighted by atomic mass is 9.98. The lowest BCUT2D eigenvalue weighted by molar-refractivity contribution is 0.0705. The van der Waals surface area contributed by atoms with Crippen molar-refractivity contribution in [3.05, 3.63) is 58.7 Å². The Balaban J connectivity index is 2.19. The van der Waals surface area contributed by atoms with Crippen LogP contribution in [0.2, 0.25) is 0 Å². The number of amides is 2. The minimum Gasteiger partial charge on any atom is -0.508 e. The highest BCUT2D eigenvalue weighted by atomic mass is 16.5. The fourth-order valence-electron chi connectivity index (χ4n) is 2.61. The quantitative estimate of drug-likeness (QED) is 0.485. The van der Waals surface area contributed by atoms with E-state index in [2.05, 4.69) is 0 Å². The van der Waals surface area contributed by atoms with Crippen LogP contribution in [-0.4, -0.2) is 39.2 Å². The molecule has 2 amide bonds. The second-order valence-electron chi connectivity index (χ2n) is 6.38. The zero-order valence-electron chi connectivity index (χ0n) is 14.9. The number of phenols is 2. The molecule has 7 nitrogen and oxygen atoms in total. The molecule has 2 rings (SSSR count). The molecule has 0 aromatic heterocycles. The molecule has 2 aromatic carbocycles. The van der Waals surface area contributed by atoms with Gasteiger partial charge in [-0.15, -0.1) is 0 Å². The first-order valence-electron chi connectivity index (χ1n) is 8.09. The van der Waals surface area contributed by atoms with Crippen LogP contribution in [0.3, 0.4) is 0 Å². The number of carbonyl (C=O) groups excluding carboxylic acids is 2. The van der Waals surface area contributed by atoms with E-state index < -0.39 is 5.91 Å². The Hall–Kier alpha value is -3.06. The predicted molar refractivity (Wildman–Crippen MR) is 95.4 cm³/mol. The molecule has 0 saturated heterocycles. The number of aromatic hydroxyl groups is 2. The van der Waals surface area contributed by atoms with Gasteiger partial charge < -0.3 is 15.1 Å². The van der Waals surface area contributed by atoms with E-state index >= 15 is 0 Å². The first kappa shape index (κ1) is 19.3. The number of hydrogen-bond donors (Lipinski definition) is 4. The maximum Gasteiger partial charge on any atom is 0.274 e. The first-order chi connectivity index (χ1) is 12.2. The van der Waals surface area contributed by atoms with Crippen LogP contribution >= 0.6 is 0 Å². The van der Waals surface area contributed by atoms with Crippen molar-refractivity contribution in [1.29, 1.82) is 0 Å². The monoisotopic (exact) mass is 358 g/mol. The summed E-state index contributed by atoms with van der Waals surface area (Å²) in [6.45, 7) is 4.03. The van der Waals surface area contributed by atoms with E-state index in [0.717, 1.165) is 5.56 Å². The summed E-state index contributed by atoms with van der Waals surface area (Å²) in [6, 6.07) is 9.10. The van der Waals surface area contributed by atoms with Crippen molar-refractivity contribution in [2.24, 2.45) is 0 Å². The molecule has 0 saturated carbocycles. The molecule has 0 spiro atoms. The number of phenolic OH excluding ortho intramolecular Hbond substituents is 2. The molecule has 26 heavy (non-hydrogen) atoms. The van der Waals surface area contributed by atoms with E-state index in [1.807, 2.05) is 13.8 Å². The van der Waals surface area contributed by atoms with Crippen molar-refractivity contribution >= 4 is 11.8 Å². The standard InChI is InChI=1S/C19H22N2O5/c1-11(2)14-8-15(17(23)9-16(14)22)19(25)21(3)10-12-4-6-13(7-5-12)18(24)20-26/h4-9,11,22-23,26H,10H2,1-3H3,(H,20,24). The molecule has 0 aliphatic rings. The number of hydrogen-bond acceptors (Lipinski definition) is 5. The zero-order valence-corrected chi connectivity index (χ0v) is 14.9. The molecular formula is C19H22N2O5. The van der Waals surface area contributed by atoms with E-state index in [1.54, 1.807) is 24.7 Å². The number of nitrogens with zero attached hydrogens (tertiary/aromatic N) is 1. The van der Waals surface area contributed by atoms with Gasteiger partial charge in [0, 0.05) is 25.2 Å². The molecule has 0 heterocycles. The van der Waals surface area contributed by atoms with Crippen LogP contribution in [0.25, 0.3) is 0 Å². The average molecular weight is 358 g/mol. The minimum absolute atomic E-state index is 0.00216. The summed E-state index contributed by atoms with van der Waals surface area (Å²) < 4.78 is 0. The van der Waals surface area contributed by atoms with Gasteiger partial charge in [-0.2, -0.15) is 0 Å². The molecule has 2 aromatic rings. The summed E-state index contributed by atoms with van der Waals surface area (Å²) >= 11 is 0. The van der Waals surface area contributed by atoms with Gasteiger partial charge in [-0.05, 0) is 35.2 Å². The second kappa shape index (κ2) is 7.88. The molecule has 7 heteroatoms. The van der Waals surface area contributed by atoms with Crippen LogP contribution < -0.4 is 5.48 Å². The van der Waals surface area contributed by atoms with E-state index in [0.29, 0.717) is 11.1 Å². The molecule has 0 fully saturated rings. The Morgan fingerprint density at radius 1 is 1.08 bits per heavy atom. The Kier molecular flexibility index (Phi) is 5.84. The Bertz CT molecular complexity index is 815. The van der Waals surface area contributed by atoms with Crippen molar-refractivity contribution in [2.75, 3.05) is 7.05 Å². The number of nitrogens with one attached hydrogen (secondary N) is 1. The van der Waals surface area contributed by atoms with Gasteiger partial charge in [-0.1, -0.05) is 26.0 Å². The average Bonchev–Trinajstić information content (AvgIpc) is 2.60. The summed E-state index contributed by atoms with van der Waals surface area (Å²) in [4.78, 5) is 25.4. The van der Waals surface area contributed by atoms with E-state index in [4.69, 9.17) is 5.21 Å².